The number of aromatic amines is 4. The molecule has 4 aliphatic carbocycles. The number of nitrogens with zero attached hydrogens (tertiary/aromatic N) is 12. The van der Waals surface area contributed by atoms with E-state index < -0.39 is 24.1 Å². The van der Waals surface area contributed by atoms with Crippen molar-refractivity contribution in [2.45, 2.75) is 99.2 Å². The lowest BCUT2D eigenvalue weighted by Crippen LogP contribution is -2.48. The number of hydrogen-bond donors (Lipinski definition) is 9. The summed E-state index contributed by atoms with van der Waals surface area (Å²) in [6.45, 7) is 0. The molecule has 20 rings (SSSR count). The molecule has 0 spiro atoms. The second kappa shape index (κ2) is 33.2. The van der Waals surface area contributed by atoms with E-state index in [1.807, 2.05) is 164 Å². The number of rotatable bonds is 15. The van der Waals surface area contributed by atoms with Gasteiger partial charge in [0.15, 0.2) is 5.69 Å². The van der Waals surface area contributed by atoms with Crippen LogP contribution in [0.5, 0.6) is 0 Å². The number of nitrogens with one attached hydrogen (secondary N) is 7. The number of carbonyl (C=O) groups is 8. The van der Waals surface area contributed by atoms with Gasteiger partial charge in [0, 0.05) is 101 Å². The minimum Gasteiger partial charge on any atom is -0.476 e. The summed E-state index contributed by atoms with van der Waals surface area (Å²) < 4.78 is 0. The predicted molar refractivity (Wildman–Crippen MR) is 434 cm³/mol. The number of aromatic carboxylic acids is 1. The first-order valence-corrected chi connectivity index (χ1v) is 38.9. The van der Waals surface area contributed by atoms with Gasteiger partial charge in [0.25, 0.3) is 35.4 Å². The highest BCUT2D eigenvalue weighted by Crippen LogP contribution is 2.57. The molecule has 29 nitrogen and oxygen atoms in total. The number of nitrogens with two attached hydrogens (primary N) is 1. The van der Waals surface area contributed by atoms with Gasteiger partial charge >= 0.3 is 5.97 Å². The second-order valence-electron chi connectivity index (χ2n) is 30.7. The van der Waals surface area contributed by atoms with Gasteiger partial charge in [-0.3, -0.25) is 73.6 Å². The fourth-order valence-electron chi connectivity index (χ4n) is 16.4. The molecule has 10 N–H and O–H groups in total. The van der Waals surface area contributed by atoms with Gasteiger partial charge in [-0.2, -0.15) is 20.4 Å². The molecule has 2 unspecified atom stereocenters. The number of aromatic nitrogens is 12. The van der Waals surface area contributed by atoms with E-state index in [0.717, 1.165) is 93.2 Å². The van der Waals surface area contributed by atoms with Gasteiger partial charge in [-0.25, -0.2) is 24.7 Å². The van der Waals surface area contributed by atoms with Crippen molar-refractivity contribution in [3.63, 3.8) is 0 Å². The molecular formula is C88H86N20O9. The van der Waals surface area contributed by atoms with E-state index in [-0.39, 0.29) is 88.6 Å². The van der Waals surface area contributed by atoms with Crippen molar-refractivity contribution in [3.05, 3.63) is 309 Å². The number of benzene rings is 4. The van der Waals surface area contributed by atoms with Crippen LogP contribution in [0.25, 0.3) is 0 Å². The molecule has 0 radical (unpaired) electrons. The highest BCUT2D eigenvalue weighted by Gasteiger charge is 2.56. The predicted octanol–water partition coefficient (Wildman–Crippen LogP) is 9.01. The maximum atomic E-state index is 13.0. The van der Waals surface area contributed by atoms with Crippen LogP contribution in [0.15, 0.2) is 219 Å². The number of hydrogen-bond acceptors (Lipinski definition) is 17. The number of fused-ring (bicyclic) bond motifs is 12. The van der Waals surface area contributed by atoms with Crippen molar-refractivity contribution in [1.29, 1.82) is 0 Å². The molecule has 7 amide bonds. The summed E-state index contributed by atoms with van der Waals surface area (Å²) in [6, 6.07) is 60.2. The van der Waals surface area contributed by atoms with Crippen molar-refractivity contribution >= 4 is 70.6 Å². The molecule has 4 saturated carbocycles. The van der Waals surface area contributed by atoms with Crippen molar-refractivity contribution in [3.8, 4) is 0 Å². The van der Waals surface area contributed by atoms with Gasteiger partial charge in [0.1, 0.15) is 58.5 Å². The number of H-pyrrole nitrogens is 4. The van der Waals surface area contributed by atoms with E-state index in [1.54, 1.807) is 96.8 Å². The first-order chi connectivity index (χ1) is 56.8. The molecule has 8 aliphatic rings. The lowest BCUT2D eigenvalue weighted by atomic mass is 10.1. The van der Waals surface area contributed by atoms with Gasteiger partial charge in [0.2, 0.25) is 5.91 Å². The fourth-order valence-corrected chi connectivity index (χ4v) is 16.4. The Labute approximate surface area is 672 Å². The molecule has 592 valence electrons. The number of pyridine rings is 4. The number of anilines is 4. The summed E-state index contributed by atoms with van der Waals surface area (Å²) in [5, 5.41) is 45.0. The first kappa shape index (κ1) is 77.0. The Hall–Kier alpha value is -14.0. The summed E-state index contributed by atoms with van der Waals surface area (Å²) in [5.74, 6) is 2.23. The molecular weight excluding hydrogens is 1480 g/mol. The average molecular weight is 1570 g/mol. The van der Waals surface area contributed by atoms with Crippen LogP contribution in [-0.4, -0.2) is 166 Å². The fraction of sp³-hybridized carbons (Fsp3) is 0.273. The number of carbonyl (C=O) groups excluding carboxylic acids is 7. The quantitative estimate of drug-likeness (QED) is 0.0462. The van der Waals surface area contributed by atoms with Crippen LogP contribution < -0.4 is 41.3 Å². The smallest absolute Gasteiger partial charge is 0.356 e. The standard InChI is InChI=1S/3C22H21N5O2.C11H13N3O.C11H10N2O2/c3*1-27-20-15(8-5-9-23-20)16-12-17(16)19(22(27)29)24-21(28)18-11-14(25-26-18)10-13-6-3-2-4-7-13;1-14-10-6(3-2-4-13-10)7-5-8(7)9(12)11(14)15;14-11(15)10-7-9(12-13-10)6-8-4-2-1-3-5-8/h3*2-9,11,16-17,19H,10,12H2,1H3,(H,24,28)(H,25,26);2-4,7-9H,5,12H2,1H3;1-5,7H,6H2,(H,12,13)(H,14,15)/t16-,17?,19-;2*16-,17-,19-;7-,8?,9-;/m0100./s1. The highest BCUT2D eigenvalue weighted by atomic mass is 16.4. The van der Waals surface area contributed by atoms with Gasteiger partial charge in [-0.15, -0.1) is 0 Å². The maximum absolute atomic E-state index is 13.0. The van der Waals surface area contributed by atoms with E-state index in [2.05, 4.69) is 82.7 Å². The number of carboxylic acid groups (broad SMARTS) is 1. The summed E-state index contributed by atoms with van der Waals surface area (Å²) in [5.41, 5.74) is 19.2. The molecule has 4 fully saturated rings. The monoisotopic (exact) mass is 1570 g/mol. The van der Waals surface area contributed by atoms with Crippen molar-refractivity contribution in [2.24, 2.45) is 29.4 Å². The number of amides is 7. The SMILES string of the molecule is CN1C(=O)[C@@H](N)C2C[C@H]2c2cccnc21.CN1C(=O)[C@@H](NC(=O)c2cc(Cc3ccccc3)[nH]n2)C2C[C@H]2c2cccnc21.CN1C(=O)[C@@H](NC(=O)c2cc(Cc3ccccc3)[nH]n2)[C@H]2C[C@H]2c2cccnc21.CN1C(=O)[C@H](NC(=O)c2cc(Cc3ccccc3)[nH]n2)[C@@H]2C[C@@H]2c2cccnc21.O=C(O)c1cc(Cc2ccccc2)[nH]n1. The third-order valence-electron chi connectivity index (χ3n) is 22.9. The zero-order valence-electron chi connectivity index (χ0n) is 64.5. The van der Waals surface area contributed by atoms with Crippen LogP contribution in [0.4, 0.5) is 23.3 Å². The molecule has 12 atom stereocenters. The number of likely N-dealkylation sites (N-methyl/N-ethyl adjacent to an activating group) is 4. The molecule has 0 saturated heterocycles. The Kier molecular flexibility index (Phi) is 21.9. The summed E-state index contributed by atoms with van der Waals surface area (Å²) >= 11 is 0. The Balaban J connectivity index is 0.000000112. The molecule has 0 bridgehead atoms. The Morgan fingerprint density at radius 2 is 0.607 bits per heavy atom. The molecule has 12 aromatic rings. The average Bonchev–Trinajstić information content (AvgIpc) is 1.61. The maximum Gasteiger partial charge on any atom is 0.356 e. The molecule has 4 aliphatic heterocycles. The van der Waals surface area contributed by atoms with Gasteiger partial charge in [0.05, 0.1) is 6.04 Å². The second-order valence-corrected chi connectivity index (χ2v) is 30.7. The van der Waals surface area contributed by atoms with Gasteiger partial charge in [-0.1, -0.05) is 146 Å². The van der Waals surface area contributed by atoms with E-state index >= 15 is 0 Å². The topological polar surface area (TPSA) is 398 Å². The van der Waals surface area contributed by atoms with Crippen LogP contribution in [0.1, 0.15) is 159 Å². The zero-order valence-corrected chi connectivity index (χ0v) is 64.5. The Morgan fingerprint density at radius 3 is 0.880 bits per heavy atom. The lowest BCUT2D eigenvalue weighted by Gasteiger charge is -2.22. The van der Waals surface area contributed by atoms with Crippen LogP contribution in [0.2, 0.25) is 0 Å². The van der Waals surface area contributed by atoms with Gasteiger partial charge < -0.3 is 26.8 Å². The molecule has 8 aromatic heterocycles. The van der Waals surface area contributed by atoms with E-state index in [0.29, 0.717) is 72.1 Å². The highest BCUT2D eigenvalue weighted by molar-refractivity contribution is 6.05. The van der Waals surface area contributed by atoms with Crippen molar-refractivity contribution in [2.75, 3.05) is 47.8 Å². The summed E-state index contributed by atoms with van der Waals surface area (Å²) in [6.07, 6.45) is 13.1. The third-order valence-corrected chi connectivity index (χ3v) is 22.9. The van der Waals surface area contributed by atoms with Crippen LogP contribution in [-0.2, 0) is 44.9 Å². The molecule has 4 aromatic carbocycles. The van der Waals surface area contributed by atoms with E-state index in [4.69, 9.17) is 10.8 Å². The summed E-state index contributed by atoms with van der Waals surface area (Å²) in [7, 11) is 6.89. The minimum atomic E-state index is -1.01. The lowest BCUT2D eigenvalue weighted by molar-refractivity contribution is -0.121. The zero-order chi connectivity index (χ0) is 81.1. The Morgan fingerprint density at radius 1 is 0.359 bits per heavy atom. The van der Waals surface area contributed by atoms with Crippen molar-refractivity contribution in [1.82, 2.24) is 76.7 Å². The molecule has 29 heteroatoms. The third kappa shape index (κ3) is 16.9. The van der Waals surface area contributed by atoms with E-state index in [9.17, 15) is 38.4 Å². The number of carboxylic acids is 1. The minimum absolute atomic E-state index is 0.0139. The van der Waals surface area contributed by atoms with Crippen LogP contribution in [0.3, 0.4) is 0 Å². The first-order valence-electron chi connectivity index (χ1n) is 38.9. The summed E-state index contributed by atoms with van der Waals surface area (Å²) in [4.78, 5) is 124. The van der Waals surface area contributed by atoms with Crippen LogP contribution >= 0.6 is 0 Å². The molecule has 117 heavy (non-hydrogen) atoms. The largest absolute Gasteiger partial charge is 0.476 e. The Bertz CT molecular complexity index is 5270. The molecule has 12 heterocycles. The van der Waals surface area contributed by atoms with Gasteiger partial charge in [-0.05, 0) is 166 Å². The van der Waals surface area contributed by atoms with E-state index in [1.165, 1.54) is 5.56 Å². The normalized spacial score (nSPS) is 22.2. The van der Waals surface area contributed by atoms with Crippen LogP contribution in [0, 0.1) is 23.7 Å². The van der Waals surface area contributed by atoms with Crippen molar-refractivity contribution < 1.29 is 43.5 Å².